The van der Waals surface area contributed by atoms with Gasteiger partial charge in [0.1, 0.15) is 10.6 Å². The summed E-state index contributed by atoms with van der Waals surface area (Å²) < 4.78 is 71.9. The van der Waals surface area contributed by atoms with Gasteiger partial charge in [0, 0.05) is 30.9 Å². The summed E-state index contributed by atoms with van der Waals surface area (Å²) in [6, 6.07) is 14.3. The summed E-state index contributed by atoms with van der Waals surface area (Å²) in [4.78, 5) is 13.4. The number of hydrogen-bond acceptors (Lipinski definition) is 5. The smallest absolute Gasteiger partial charge is 0.478 e. The molecule has 7 nitrogen and oxygen atoms in total. The molecular formula is C27H26ClF3N2O5S. The molecule has 0 unspecified atom stereocenters. The van der Waals surface area contributed by atoms with E-state index in [-0.39, 0.29) is 27.0 Å². The van der Waals surface area contributed by atoms with Crippen molar-refractivity contribution in [1.82, 2.24) is 4.31 Å². The van der Waals surface area contributed by atoms with E-state index < -0.39 is 39.7 Å². The lowest BCUT2D eigenvalue weighted by Crippen LogP contribution is -2.41. The average Bonchev–Trinajstić information content (AvgIpc) is 2.91. The van der Waals surface area contributed by atoms with Crippen LogP contribution in [0.5, 0.6) is 5.75 Å². The molecule has 39 heavy (non-hydrogen) atoms. The third kappa shape index (κ3) is 6.15. The summed E-state index contributed by atoms with van der Waals surface area (Å²) in [7, 11) is -2.60. The van der Waals surface area contributed by atoms with E-state index in [0.717, 1.165) is 23.9 Å². The second-order valence-electron chi connectivity index (χ2n) is 9.65. The molecule has 0 saturated carbocycles. The largest absolute Gasteiger partial charge is 0.573 e. The standard InChI is InChI=1S/C27H26ClF3N2O5S/c1-16(2)9-20-15-33(19-7-5-4-6-8-19)24-14-23(28)22(13-25(24)39(36,37)32(20)3)17-10-18(26(34)35)12-21(11-17)38-27(29,30)31/h4-8,10-14,16,20H,9,15H2,1-3H3,(H,34,35)/t20-/m1/s1. The number of aromatic carboxylic acids is 1. The predicted molar refractivity (Wildman–Crippen MR) is 142 cm³/mol. The fourth-order valence-electron chi connectivity index (χ4n) is 4.65. The van der Waals surface area contributed by atoms with E-state index in [2.05, 4.69) is 4.74 Å². The molecule has 4 rings (SSSR count). The number of halogens is 4. The maximum Gasteiger partial charge on any atom is 0.573 e. The maximum atomic E-state index is 13.9. The van der Waals surface area contributed by atoms with E-state index in [1.54, 1.807) is 0 Å². The highest BCUT2D eigenvalue weighted by atomic mass is 35.5. The highest BCUT2D eigenvalue weighted by Gasteiger charge is 2.38. The van der Waals surface area contributed by atoms with E-state index in [1.807, 2.05) is 49.1 Å². The summed E-state index contributed by atoms with van der Waals surface area (Å²) in [5.41, 5.74) is 0.539. The molecule has 3 aromatic rings. The third-order valence-corrected chi connectivity index (χ3v) is 8.67. The summed E-state index contributed by atoms with van der Waals surface area (Å²) in [5, 5.41) is 9.50. The molecule has 0 spiro atoms. The molecule has 1 atom stereocenters. The number of carboxylic acids is 1. The van der Waals surface area contributed by atoms with Crippen molar-refractivity contribution >= 4 is 39.0 Å². The number of benzene rings is 3. The van der Waals surface area contributed by atoms with E-state index in [9.17, 15) is 31.5 Å². The Balaban J connectivity index is 1.96. The molecular weight excluding hydrogens is 557 g/mol. The van der Waals surface area contributed by atoms with Gasteiger partial charge in [-0.3, -0.25) is 0 Å². The van der Waals surface area contributed by atoms with Crippen molar-refractivity contribution in [2.45, 2.75) is 37.6 Å². The minimum atomic E-state index is -5.07. The first-order chi connectivity index (χ1) is 18.2. The number of anilines is 2. The number of hydrogen-bond donors (Lipinski definition) is 1. The van der Waals surface area contributed by atoms with Gasteiger partial charge in [0.05, 0.1) is 16.3 Å². The molecule has 0 fully saturated rings. The fraction of sp³-hybridized carbons (Fsp3) is 0.296. The Morgan fingerprint density at radius 2 is 1.79 bits per heavy atom. The van der Waals surface area contributed by atoms with Gasteiger partial charge in [-0.1, -0.05) is 43.6 Å². The van der Waals surface area contributed by atoms with Crippen LogP contribution in [0.3, 0.4) is 0 Å². The van der Waals surface area contributed by atoms with Gasteiger partial charge < -0.3 is 14.7 Å². The number of rotatable bonds is 6. The predicted octanol–water partition coefficient (Wildman–Crippen LogP) is 6.79. The van der Waals surface area contributed by atoms with Crippen LogP contribution in [0, 0.1) is 5.92 Å². The monoisotopic (exact) mass is 582 g/mol. The topological polar surface area (TPSA) is 87.1 Å². The lowest BCUT2D eigenvalue weighted by Gasteiger charge is -2.30. The lowest BCUT2D eigenvalue weighted by molar-refractivity contribution is -0.274. The van der Waals surface area contributed by atoms with Crippen LogP contribution in [0.4, 0.5) is 24.5 Å². The van der Waals surface area contributed by atoms with E-state index in [0.29, 0.717) is 18.7 Å². The van der Waals surface area contributed by atoms with Crippen LogP contribution in [0.2, 0.25) is 5.02 Å². The number of carbonyl (C=O) groups is 1. The van der Waals surface area contributed by atoms with Gasteiger partial charge in [-0.05, 0) is 60.4 Å². The van der Waals surface area contributed by atoms with Crippen LogP contribution in [0.1, 0.15) is 30.6 Å². The molecule has 0 amide bonds. The van der Waals surface area contributed by atoms with Crippen LogP contribution in [-0.4, -0.2) is 49.8 Å². The Morgan fingerprint density at radius 3 is 2.38 bits per heavy atom. The number of fused-ring (bicyclic) bond motifs is 1. The molecule has 208 valence electrons. The van der Waals surface area contributed by atoms with E-state index >= 15 is 0 Å². The minimum absolute atomic E-state index is 0.0235. The number of ether oxygens (including phenoxy) is 1. The van der Waals surface area contributed by atoms with Crippen LogP contribution in [0.15, 0.2) is 65.6 Å². The lowest BCUT2D eigenvalue weighted by atomic mass is 10.0. The van der Waals surface area contributed by atoms with Crippen molar-refractivity contribution < 1.29 is 36.2 Å². The van der Waals surface area contributed by atoms with E-state index in [4.69, 9.17) is 11.6 Å². The second kappa shape index (κ2) is 10.7. The quantitative estimate of drug-likeness (QED) is 0.344. The van der Waals surface area contributed by atoms with Crippen molar-refractivity contribution in [3.63, 3.8) is 0 Å². The first kappa shape index (κ1) is 28.7. The summed E-state index contributed by atoms with van der Waals surface area (Å²) >= 11 is 6.62. The molecule has 12 heteroatoms. The average molecular weight is 583 g/mol. The van der Waals surface area contributed by atoms with Crippen molar-refractivity contribution in [3.8, 4) is 16.9 Å². The first-order valence-corrected chi connectivity index (χ1v) is 13.8. The van der Waals surface area contributed by atoms with Crippen molar-refractivity contribution in [1.29, 1.82) is 0 Å². The number of carboxylic acid groups (broad SMARTS) is 1. The second-order valence-corrected chi connectivity index (χ2v) is 12.0. The SMILES string of the molecule is CC(C)C[C@@H]1CN(c2ccccc2)c2cc(Cl)c(-c3cc(OC(F)(F)F)cc(C(=O)O)c3)cc2S(=O)(=O)N1C. The number of alkyl halides is 3. The highest BCUT2D eigenvalue weighted by molar-refractivity contribution is 7.89. The van der Waals surface area contributed by atoms with Crippen LogP contribution >= 0.6 is 11.6 Å². The molecule has 0 bridgehead atoms. The summed E-state index contributed by atoms with van der Waals surface area (Å²) in [6.07, 6.45) is -4.49. The fourth-order valence-corrected chi connectivity index (χ4v) is 6.47. The Bertz CT molecular complexity index is 1500. The number of sulfonamides is 1. The van der Waals surface area contributed by atoms with E-state index in [1.165, 1.54) is 23.5 Å². The number of likely N-dealkylation sites (N-methyl/N-ethyl adjacent to an activating group) is 1. The normalized spacial score (nSPS) is 17.5. The molecule has 0 aliphatic carbocycles. The molecule has 0 radical (unpaired) electrons. The zero-order valence-corrected chi connectivity index (χ0v) is 22.8. The minimum Gasteiger partial charge on any atom is -0.478 e. The van der Waals surface area contributed by atoms with Crippen molar-refractivity contribution in [3.05, 3.63) is 71.2 Å². The van der Waals surface area contributed by atoms with Gasteiger partial charge in [-0.2, -0.15) is 4.31 Å². The van der Waals surface area contributed by atoms with Gasteiger partial charge in [0.2, 0.25) is 10.0 Å². The first-order valence-electron chi connectivity index (χ1n) is 12.0. The maximum absolute atomic E-state index is 13.9. The molecule has 1 heterocycles. The molecule has 0 aromatic heterocycles. The van der Waals surface area contributed by atoms with Crippen molar-refractivity contribution in [2.24, 2.45) is 5.92 Å². The Kier molecular flexibility index (Phi) is 7.89. The van der Waals surface area contributed by atoms with Crippen LogP contribution < -0.4 is 9.64 Å². The molecule has 1 aliphatic rings. The van der Waals surface area contributed by atoms with Crippen molar-refractivity contribution in [2.75, 3.05) is 18.5 Å². The molecule has 3 aromatic carbocycles. The zero-order chi connectivity index (χ0) is 28.7. The zero-order valence-electron chi connectivity index (χ0n) is 21.2. The van der Waals surface area contributed by atoms with Gasteiger partial charge in [-0.15, -0.1) is 13.2 Å². The molecule has 1 N–H and O–H groups in total. The third-order valence-electron chi connectivity index (χ3n) is 6.41. The Morgan fingerprint density at radius 1 is 1.13 bits per heavy atom. The van der Waals surface area contributed by atoms with Gasteiger partial charge in [0.25, 0.3) is 0 Å². The van der Waals surface area contributed by atoms with Gasteiger partial charge in [0.15, 0.2) is 0 Å². The Hall–Kier alpha value is -3.28. The number of nitrogens with zero attached hydrogens (tertiary/aromatic N) is 2. The summed E-state index contributed by atoms with van der Waals surface area (Å²) in [6.45, 7) is 4.32. The number of para-hydroxylation sites is 1. The highest BCUT2D eigenvalue weighted by Crippen LogP contribution is 2.44. The van der Waals surface area contributed by atoms with Gasteiger partial charge >= 0.3 is 12.3 Å². The van der Waals surface area contributed by atoms with Gasteiger partial charge in [-0.25, -0.2) is 13.2 Å². The van der Waals surface area contributed by atoms with Crippen LogP contribution in [0.25, 0.3) is 11.1 Å². The molecule has 0 saturated heterocycles. The summed E-state index contributed by atoms with van der Waals surface area (Å²) in [5.74, 6) is -2.07. The van der Waals surface area contributed by atoms with Crippen LogP contribution in [-0.2, 0) is 10.0 Å². The molecule has 1 aliphatic heterocycles. The Labute approximate surface area is 229 Å².